The maximum atomic E-state index is 12.0. The Bertz CT molecular complexity index is 555. The summed E-state index contributed by atoms with van der Waals surface area (Å²) in [7, 11) is 0. The maximum Gasteiger partial charge on any atom is 0.407 e. The summed E-state index contributed by atoms with van der Waals surface area (Å²) in [6, 6.07) is 8.50. The van der Waals surface area contributed by atoms with E-state index >= 15 is 0 Å². The zero-order valence-electron chi connectivity index (χ0n) is 15.7. The molecule has 2 amide bonds. The highest BCUT2D eigenvalue weighted by Crippen LogP contribution is 2.08. The lowest BCUT2D eigenvalue weighted by Crippen LogP contribution is -2.44. The number of carbonyl (C=O) groups excluding carboxylic acids is 2. The van der Waals surface area contributed by atoms with Gasteiger partial charge in [-0.05, 0) is 45.6 Å². The number of hydrogen-bond acceptors (Lipinski definition) is 5. The van der Waals surface area contributed by atoms with Crippen LogP contribution in [-0.2, 0) is 16.0 Å². The largest absolute Gasteiger partial charge is 0.444 e. The van der Waals surface area contributed by atoms with Gasteiger partial charge in [-0.15, -0.1) is 0 Å². The smallest absolute Gasteiger partial charge is 0.407 e. The van der Waals surface area contributed by atoms with Gasteiger partial charge >= 0.3 is 6.09 Å². The lowest BCUT2D eigenvalue weighted by molar-refractivity contribution is -0.126. The van der Waals surface area contributed by atoms with Gasteiger partial charge in [0.1, 0.15) is 5.60 Å². The number of unbranched alkanes of at least 4 members (excludes halogenated alkanes) is 1. The Morgan fingerprint density at radius 3 is 2.35 bits per heavy atom. The number of alkyl carbamates (subject to hydrolysis) is 1. The Morgan fingerprint density at radius 2 is 1.77 bits per heavy atom. The molecular weight excluding hydrogens is 336 g/mol. The molecule has 7 heteroatoms. The summed E-state index contributed by atoms with van der Waals surface area (Å²) in [5, 5.41) is 24.2. The summed E-state index contributed by atoms with van der Waals surface area (Å²) in [5.74, 6) is -0.263. The second kappa shape index (κ2) is 10.8. The van der Waals surface area contributed by atoms with Gasteiger partial charge in [0.05, 0.1) is 12.5 Å². The van der Waals surface area contributed by atoms with Gasteiger partial charge in [-0.3, -0.25) is 4.79 Å². The minimum Gasteiger partial charge on any atom is -0.444 e. The number of aliphatic hydroxyl groups is 2. The maximum absolute atomic E-state index is 12.0. The minimum atomic E-state index is -1.63. The Kier molecular flexibility index (Phi) is 9.09. The van der Waals surface area contributed by atoms with Crippen molar-refractivity contribution in [1.29, 1.82) is 0 Å². The lowest BCUT2D eigenvalue weighted by atomic mass is 10.1. The quantitative estimate of drug-likeness (QED) is 0.393. The third kappa shape index (κ3) is 10.0. The number of aliphatic hydroxyl groups excluding tert-OH is 1. The summed E-state index contributed by atoms with van der Waals surface area (Å²) in [6.07, 6.45) is -0.278. The average molecular weight is 366 g/mol. The van der Waals surface area contributed by atoms with E-state index in [1.165, 1.54) is 0 Å². The van der Waals surface area contributed by atoms with Crippen molar-refractivity contribution in [2.24, 2.45) is 0 Å². The number of carbonyl (C=O) groups is 2. The molecule has 0 heterocycles. The van der Waals surface area contributed by atoms with Crippen LogP contribution in [-0.4, -0.2) is 46.7 Å². The molecular formula is C19H30N2O5. The van der Waals surface area contributed by atoms with Gasteiger partial charge < -0.3 is 25.6 Å². The van der Waals surface area contributed by atoms with Crippen molar-refractivity contribution < 1.29 is 24.5 Å². The van der Waals surface area contributed by atoms with Crippen LogP contribution in [0.3, 0.4) is 0 Å². The standard InChI is InChI=1S/C19H30N2O5/c1-19(2,3)26-18(25)20-12-8-7-11-15(17(23)24)21-16(22)13-14-9-5-4-6-10-14/h4-6,9-10,15,17,23-24H,7-8,11-13H2,1-3H3,(H,20,25)(H,21,22). The normalized spacial score (nSPS) is 12.5. The van der Waals surface area contributed by atoms with E-state index in [4.69, 9.17) is 4.74 Å². The van der Waals surface area contributed by atoms with E-state index in [2.05, 4.69) is 10.6 Å². The van der Waals surface area contributed by atoms with Crippen LogP contribution < -0.4 is 10.6 Å². The molecule has 0 bridgehead atoms. The molecule has 7 nitrogen and oxygen atoms in total. The average Bonchev–Trinajstić information content (AvgIpc) is 2.52. The first-order valence-corrected chi connectivity index (χ1v) is 8.83. The first-order valence-electron chi connectivity index (χ1n) is 8.83. The molecule has 0 aliphatic carbocycles. The predicted molar refractivity (Wildman–Crippen MR) is 98.4 cm³/mol. The third-order valence-electron chi connectivity index (χ3n) is 3.52. The van der Waals surface area contributed by atoms with E-state index in [-0.39, 0.29) is 12.3 Å². The highest BCUT2D eigenvalue weighted by Gasteiger charge is 2.19. The van der Waals surface area contributed by atoms with E-state index in [0.29, 0.717) is 25.8 Å². The highest BCUT2D eigenvalue weighted by atomic mass is 16.6. The van der Waals surface area contributed by atoms with E-state index in [1.807, 2.05) is 30.3 Å². The molecule has 1 aromatic carbocycles. The zero-order chi connectivity index (χ0) is 19.6. The fourth-order valence-corrected chi connectivity index (χ4v) is 2.33. The third-order valence-corrected chi connectivity index (χ3v) is 3.52. The molecule has 0 aliphatic heterocycles. The zero-order valence-corrected chi connectivity index (χ0v) is 15.7. The number of amides is 2. The van der Waals surface area contributed by atoms with Crippen LogP contribution in [0, 0.1) is 0 Å². The van der Waals surface area contributed by atoms with Crippen LogP contribution in [0.5, 0.6) is 0 Å². The van der Waals surface area contributed by atoms with Crippen LogP contribution >= 0.6 is 0 Å². The first-order chi connectivity index (χ1) is 12.2. The molecule has 0 aliphatic rings. The van der Waals surface area contributed by atoms with E-state index in [0.717, 1.165) is 5.56 Å². The van der Waals surface area contributed by atoms with Gasteiger partial charge in [0.2, 0.25) is 5.91 Å². The van der Waals surface area contributed by atoms with Crippen LogP contribution in [0.2, 0.25) is 0 Å². The Labute approximate surface area is 154 Å². The fourth-order valence-electron chi connectivity index (χ4n) is 2.33. The molecule has 0 saturated heterocycles. The van der Waals surface area contributed by atoms with E-state index in [9.17, 15) is 19.8 Å². The molecule has 1 aromatic rings. The summed E-state index contributed by atoms with van der Waals surface area (Å²) in [4.78, 5) is 23.5. The van der Waals surface area contributed by atoms with E-state index < -0.39 is 24.0 Å². The summed E-state index contributed by atoms with van der Waals surface area (Å²) >= 11 is 0. The minimum absolute atomic E-state index is 0.185. The van der Waals surface area contributed by atoms with Gasteiger partial charge in [-0.1, -0.05) is 30.3 Å². The predicted octanol–water partition coefficient (Wildman–Crippen LogP) is 1.72. The van der Waals surface area contributed by atoms with Crippen molar-refractivity contribution >= 4 is 12.0 Å². The number of hydrogen-bond donors (Lipinski definition) is 4. The van der Waals surface area contributed by atoms with E-state index in [1.54, 1.807) is 20.8 Å². The van der Waals surface area contributed by atoms with Crippen LogP contribution in [0.1, 0.15) is 45.6 Å². The van der Waals surface area contributed by atoms with Crippen molar-refractivity contribution in [3.8, 4) is 0 Å². The molecule has 1 unspecified atom stereocenters. The molecule has 0 aromatic heterocycles. The molecule has 1 atom stereocenters. The lowest BCUT2D eigenvalue weighted by Gasteiger charge is -2.21. The molecule has 26 heavy (non-hydrogen) atoms. The van der Waals surface area contributed by atoms with Gasteiger partial charge in [0.15, 0.2) is 6.29 Å². The highest BCUT2D eigenvalue weighted by molar-refractivity contribution is 5.78. The summed E-state index contributed by atoms with van der Waals surface area (Å²) < 4.78 is 5.13. The topological polar surface area (TPSA) is 108 Å². The Morgan fingerprint density at radius 1 is 1.12 bits per heavy atom. The fraction of sp³-hybridized carbons (Fsp3) is 0.579. The van der Waals surface area contributed by atoms with Crippen molar-refractivity contribution in [2.45, 2.75) is 64.4 Å². The number of benzene rings is 1. The molecule has 1 rings (SSSR count). The molecule has 0 saturated carbocycles. The Hall–Kier alpha value is -2.12. The van der Waals surface area contributed by atoms with Gasteiger partial charge in [0.25, 0.3) is 0 Å². The van der Waals surface area contributed by atoms with Crippen LogP contribution in [0.15, 0.2) is 30.3 Å². The SMILES string of the molecule is CC(C)(C)OC(=O)NCCCCC(NC(=O)Cc1ccccc1)C(O)O. The summed E-state index contributed by atoms with van der Waals surface area (Å²) in [5.41, 5.74) is 0.317. The van der Waals surface area contributed by atoms with Crippen molar-refractivity contribution in [1.82, 2.24) is 10.6 Å². The number of nitrogens with one attached hydrogen (secondary N) is 2. The van der Waals surface area contributed by atoms with Gasteiger partial charge in [-0.25, -0.2) is 4.79 Å². The van der Waals surface area contributed by atoms with Gasteiger partial charge in [-0.2, -0.15) is 0 Å². The summed E-state index contributed by atoms with van der Waals surface area (Å²) in [6.45, 7) is 5.79. The first kappa shape index (κ1) is 21.9. The Balaban J connectivity index is 2.28. The van der Waals surface area contributed by atoms with Crippen molar-refractivity contribution in [3.63, 3.8) is 0 Å². The second-order valence-electron chi connectivity index (χ2n) is 7.17. The molecule has 0 radical (unpaired) electrons. The van der Waals surface area contributed by atoms with Crippen LogP contribution in [0.4, 0.5) is 4.79 Å². The molecule has 0 fully saturated rings. The second-order valence-corrected chi connectivity index (χ2v) is 7.17. The monoisotopic (exact) mass is 366 g/mol. The van der Waals surface area contributed by atoms with Gasteiger partial charge in [0, 0.05) is 6.54 Å². The molecule has 0 spiro atoms. The number of rotatable bonds is 9. The molecule has 146 valence electrons. The number of ether oxygens (including phenoxy) is 1. The molecule has 4 N–H and O–H groups in total. The van der Waals surface area contributed by atoms with Crippen molar-refractivity contribution in [2.75, 3.05) is 6.54 Å². The van der Waals surface area contributed by atoms with Crippen LogP contribution in [0.25, 0.3) is 0 Å². The van der Waals surface area contributed by atoms with Crippen molar-refractivity contribution in [3.05, 3.63) is 35.9 Å².